The number of hydrogen-bond acceptors (Lipinski definition) is 3. The fraction of sp³-hybridized carbons (Fsp3) is 0.667. The minimum atomic E-state index is -0.358. The number of aromatic nitrogens is 2. The highest BCUT2D eigenvalue weighted by atomic mass is 32.1. The minimum Gasteiger partial charge on any atom is -0.360 e. The van der Waals surface area contributed by atoms with Gasteiger partial charge in [-0.15, -0.1) is 0 Å². The third-order valence-corrected chi connectivity index (χ3v) is 2.98. The first-order valence-electron chi connectivity index (χ1n) is 5.16. The topological polar surface area (TPSA) is 65.2 Å². The summed E-state index contributed by atoms with van der Waals surface area (Å²) in [6, 6.07) is 0.520. The number of aryl methyl sites for hydroxylation is 1. The molecule has 6 nitrogen and oxygen atoms in total. The van der Waals surface area contributed by atoms with Crippen LogP contribution >= 0.6 is 12.2 Å². The second-order valence-corrected chi connectivity index (χ2v) is 4.45. The van der Waals surface area contributed by atoms with Gasteiger partial charge in [0.2, 0.25) is 0 Å². The molecule has 2 rings (SSSR count). The lowest BCUT2D eigenvalue weighted by molar-refractivity contribution is -0.746. The van der Waals surface area contributed by atoms with Crippen LogP contribution in [0.3, 0.4) is 0 Å². The number of nitrogens with zero attached hydrogens (tertiary/aromatic N) is 2. The van der Waals surface area contributed by atoms with Gasteiger partial charge >= 0.3 is 11.3 Å². The molecule has 2 N–H and O–H groups in total. The first-order chi connectivity index (χ1) is 7.58. The van der Waals surface area contributed by atoms with Gasteiger partial charge in [-0.25, -0.2) is 4.79 Å². The lowest BCUT2D eigenvalue weighted by Crippen LogP contribution is -2.43. The summed E-state index contributed by atoms with van der Waals surface area (Å²) in [5.74, 6) is 0. The molecule has 0 radical (unpaired) electrons. The fourth-order valence-electron chi connectivity index (χ4n) is 1.34. The van der Waals surface area contributed by atoms with Gasteiger partial charge in [0, 0.05) is 13.1 Å². The van der Waals surface area contributed by atoms with E-state index in [4.69, 9.17) is 12.2 Å². The van der Waals surface area contributed by atoms with E-state index < -0.39 is 0 Å². The standard InChI is InChI=1S/C9H14N4O2S/c1-12(9(16)10-6-3-4-6)5-7-8(14)15-11-13(7)2/h6H,3-5H2,1-2H3,(H-,10,11,14,16)/p+1. The number of rotatable bonds is 3. The second kappa shape index (κ2) is 4.25. The molecule has 1 aromatic heterocycles. The van der Waals surface area contributed by atoms with Gasteiger partial charge < -0.3 is 10.2 Å². The number of nitrogens with one attached hydrogen (secondary N) is 2. The Kier molecular flexibility index (Phi) is 2.95. The van der Waals surface area contributed by atoms with Crippen molar-refractivity contribution in [1.82, 2.24) is 15.5 Å². The van der Waals surface area contributed by atoms with Gasteiger partial charge in [-0.3, -0.25) is 4.52 Å². The average Bonchev–Trinajstić information content (AvgIpc) is 3.00. The predicted octanol–water partition coefficient (Wildman–Crippen LogP) is -0.739. The molecule has 0 spiro atoms. The van der Waals surface area contributed by atoms with E-state index >= 15 is 0 Å². The van der Waals surface area contributed by atoms with Crippen LogP contribution in [0.5, 0.6) is 0 Å². The maximum absolute atomic E-state index is 11.3. The first kappa shape index (κ1) is 11.1. The van der Waals surface area contributed by atoms with Crippen LogP contribution < -0.4 is 15.6 Å². The molecule has 0 bridgehead atoms. The molecule has 1 saturated carbocycles. The Morgan fingerprint density at radius 3 is 2.94 bits per heavy atom. The Morgan fingerprint density at radius 1 is 1.75 bits per heavy atom. The Labute approximate surface area is 98.2 Å². The van der Waals surface area contributed by atoms with Crippen molar-refractivity contribution in [3.63, 3.8) is 0 Å². The van der Waals surface area contributed by atoms with Gasteiger partial charge in [0.25, 0.3) is 0 Å². The van der Waals surface area contributed by atoms with Crippen molar-refractivity contribution in [3.8, 4) is 0 Å². The number of hydrogen-bond donors (Lipinski definition) is 2. The molecule has 1 fully saturated rings. The minimum absolute atomic E-state index is 0.358. The van der Waals surface area contributed by atoms with Crippen LogP contribution in [0.2, 0.25) is 0 Å². The molecule has 88 valence electrons. The van der Waals surface area contributed by atoms with Crippen molar-refractivity contribution in [2.24, 2.45) is 7.05 Å². The van der Waals surface area contributed by atoms with E-state index in [1.54, 1.807) is 11.7 Å². The molecule has 16 heavy (non-hydrogen) atoms. The van der Waals surface area contributed by atoms with Crippen molar-refractivity contribution in [2.75, 3.05) is 7.05 Å². The quantitative estimate of drug-likeness (QED) is 0.541. The van der Waals surface area contributed by atoms with Crippen LogP contribution in [0.4, 0.5) is 0 Å². The molecule has 0 amide bonds. The number of aromatic amines is 1. The zero-order valence-electron chi connectivity index (χ0n) is 9.32. The summed E-state index contributed by atoms with van der Waals surface area (Å²) in [4.78, 5) is 13.2. The Hall–Kier alpha value is -1.37. The Bertz CT molecular complexity index is 449. The summed E-state index contributed by atoms with van der Waals surface area (Å²) < 4.78 is 6.22. The van der Waals surface area contributed by atoms with Gasteiger partial charge in [0.1, 0.15) is 6.54 Å². The van der Waals surface area contributed by atoms with E-state index in [-0.39, 0.29) is 5.63 Å². The van der Waals surface area contributed by atoms with Gasteiger partial charge in [0.15, 0.2) is 12.2 Å². The van der Waals surface area contributed by atoms with Crippen molar-refractivity contribution >= 4 is 17.3 Å². The summed E-state index contributed by atoms with van der Waals surface area (Å²) in [7, 11) is 3.58. The molecule has 1 aromatic rings. The van der Waals surface area contributed by atoms with E-state index in [0.717, 1.165) is 0 Å². The van der Waals surface area contributed by atoms with Crippen LogP contribution in [0.1, 0.15) is 18.5 Å². The van der Waals surface area contributed by atoms with Crippen LogP contribution in [-0.4, -0.2) is 28.4 Å². The van der Waals surface area contributed by atoms with Gasteiger partial charge in [0.05, 0.1) is 0 Å². The largest absolute Gasteiger partial charge is 0.431 e. The van der Waals surface area contributed by atoms with E-state index in [2.05, 4.69) is 15.1 Å². The number of H-pyrrole nitrogens is 1. The zero-order valence-corrected chi connectivity index (χ0v) is 10.1. The van der Waals surface area contributed by atoms with Crippen LogP contribution in [-0.2, 0) is 13.6 Å². The highest BCUT2D eigenvalue weighted by Gasteiger charge is 2.25. The van der Waals surface area contributed by atoms with E-state index in [9.17, 15) is 4.79 Å². The summed E-state index contributed by atoms with van der Waals surface area (Å²) >= 11 is 5.22. The van der Waals surface area contributed by atoms with Crippen molar-refractivity contribution in [1.29, 1.82) is 0 Å². The SMILES string of the molecule is CN(Cc1c(=O)o[nH][n+]1C)C(=S)NC1CC1. The highest BCUT2D eigenvalue weighted by Crippen LogP contribution is 2.18. The number of thiocarbonyl (C=S) groups is 1. The summed E-state index contributed by atoms with van der Waals surface area (Å²) in [6.45, 7) is 0.431. The van der Waals surface area contributed by atoms with Gasteiger partial charge in [-0.05, 0) is 30.3 Å². The Balaban J connectivity index is 1.98. The fourth-order valence-corrected chi connectivity index (χ4v) is 1.57. The molecule has 1 aliphatic rings. The molecule has 0 saturated heterocycles. The zero-order chi connectivity index (χ0) is 11.7. The maximum Gasteiger partial charge on any atom is 0.431 e. The van der Waals surface area contributed by atoms with Crippen LogP contribution in [0, 0.1) is 0 Å². The van der Waals surface area contributed by atoms with Crippen LogP contribution in [0.15, 0.2) is 9.32 Å². The smallest absolute Gasteiger partial charge is 0.360 e. The lowest BCUT2D eigenvalue weighted by atomic mass is 10.4. The van der Waals surface area contributed by atoms with Crippen molar-refractivity contribution < 1.29 is 9.20 Å². The monoisotopic (exact) mass is 243 g/mol. The van der Waals surface area contributed by atoms with Gasteiger partial charge in [-0.2, -0.15) is 0 Å². The summed E-state index contributed by atoms with van der Waals surface area (Å²) in [5.41, 5.74) is 0.186. The summed E-state index contributed by atoms with van der Waals surface area (Å²) in [6.07, 6.45) is 2.35. The summed E-state index contributed by atoms with van der Waals surface area (Å²) in [5, 5.41) is 6.35. The average molecular weight is 243 g/mol. The third-order valence-electron chi connectivity index (χ3n) is 2.55. The van der Waals surface area contributed by atoms with E-state index in [1.807, 2.05) is 11.9 Å². The van der Waals surface area contributed by atoms with E-state index in [0.29, 0.717) is 23.4 Å². The molecule has 0 atom stereocenters. The molecular weight excluding hydrogens is 228 g/mol. The van der Waals surface area contributed by atoms with Crippen molar-refractivity contribution in [2.45, 2.75) is 25.4 Å². The molecule has 0 aromatic carbocycles. The molecule has 0 unspecified atom stereocenters. The second-order valence-electron chi connectivity index (χ2n) is 4.07. The predicted molar refractivity (Wildman–Crippen MR) is 60.7 cm³/mol. The van der Waals surface area contributed by atoms with Gasteiger partial charge in [-0.1, -0.05) is 4.68 Å². The third kappa shape index (κ3) is 2.41. The Morgan fingerprint density at radius 2 is 2.44 bits per heavy atom. The highest BCUT2D eigenvalue weighted by molar-refractivity contribution is 7.80. The molecule has 7 heteroatoms. The normalized spacial score (nSPS) is 14.9. The molecule has 1 aliphatic carbocycles. The van der Waals surface area contributed by atoms with E-state index in [1.165, 1.54) is 12.8 Å². The van der Waals surface area contributed by atoms with Crippen LogP contribution in [0.25, 0.3) is 0 Å². The molecule has 1 heterocycles. The maximum atomic E-state index is 11.3. The molecule has 0 aliphatic heterocycles. The van der Waals surface area contributed by atoms with Crippen molar-refractivity contribution in [3.05, 3.63) is 16.1 Å². The lowest BCUT2D eigenvalue weighted by Gasteiger charge is -2.18. The first-order valence-corrected chi connectivity index (χ1v) is 5.56. The molecular formula is C9H15N4O2S+.